The van der Waals surface area contributed by atoms with E-state index < -0.39 is 6.04 Å². The van der Waals surface area contributed by atoms with Crippen LogP contribution in [0.15, 0.2) is 22.7 Å². The lowest BCUT2D eigenvalue weighted by Crippen LogP contribution is -2.14. The summed E-state index contributed by atoms with van der Waals surface area (Å²) in [4.78, 5) is 4.17. The number of hydrogen-bond acceptors (Lipinski definition) is 5. The van der Waals surface area contributed by atoms with E-state index in [0.717, 1.165) is 5.56 Å². The zero-order valence-corrected chi connectivity index (χ0v) is 10.6. The second-order valence-corrected chi connectivity index (χ2v) is 4.43. The molecule has 5 nitrogen and oxygen atoms in total. The molecule has 0 fully saturated rings. The maximum absolute atomic E-state index is 8.90. The van der Waals surface area contributed by atoms with Gasteiger partial charge in [-0.2, -0.15) is 4.98 Å². The van der Waals surface area contributed by atoms with E-state index in [9.17, 15) is 0 Å². The van der Waals surface area contributed by atoms with Gasteiger partial charge in [0.25, 0.3) is 0 Å². The van der Waals surface area contributed by atoms with Crippen molar-refractivity contribution in [2.45, 2.75) is 26.3 Å². The molecule has 3 N–H and O–H groups in total. The molecule has 0 spiro atoms. The lowest BCUT2D eigenvalue weighted by atomic mass is 10.0. The van der Waals surface area contributed by atoms with Gasteiger partial charge in [-0.05, 0) is 30.5 Å². The average Bonchev–Trinajstić information content (AvgIpc) is 2.81. The lowest BCUT2D eigenvalue weighted by molar-refractivity contribution is 0.236. The number of hydrogen-bond donors (Lipinski definition) is 2. The summed E-state index contributed by atoms with van der Waals surface area (Å²) in [5.41, 5.74) is 9.22. The van der Waals surface area contributed by atoms with Crippen LogP contribution in [0.25, 0.3) is 0 Å². The predicted molar refractivity (Wildman–Crippen MR) is 67.0 cm³/mol. The van der Waals surface area contributed by atoms with E-state index >= 15 is 0 Å². The molecule has 96 valence electrons. The number of nitrogens with two attached hydrogens (primary N) is 1. The van der Waals surface area contributed by atoms with Crippen LogP contribution >= 0.6 is 0 Å². The summed E-state index contributed by atoms with van der Waals surface area (Å²) in [7, 11) is 0. The maximum Gasteiger partial charge on any atom is 0.245 e. The first-order chi connectivity index (χ1) is 8.60. The number of rotatable bonds is 4. The molecule has 2 rings (SSSR count). The molecule has 0 aliphatic heterocycles. The van der Waals surface area contributed by atoms with Crippen LogP contribution in [0, 0.1) is 13.8 Å². The van der Waals surface area contributed by atoms with E-state index in [1.54, 1.807) is 0 Å². The zero-order chi connectivity index (χ0) is 13.1. The summed E-state index contributed by atoms with van der Waals surface area (Å²) < 4.78 is 5.00. The van der Waals surface area contributed by atoms with Crippen molar-refractivity contribution in [3.63, 3.8) is 0 Å². The van der Waals surface area contributed by atoms with Gasteiger partial charge in [-0.25, -0.2) is 0 Å². The van der Waals surface area contributed by atoms with Gasteiger partial charge < -0.3 is 15.4 Å². The molecule has 0 saturated carbocycles. The number of aromatic nitrogens is 2. The largest absolute Gasteiger partial charge is 0.394 e. The standard InChI is InChI=1S/C13H17N3O2/c1-8-3-4-10(5-9(8)2)6-12-15-13(18-16-12)11(14)7-17/h3-5,11,17H,6-7,14H2,1-2H3/t11-/m1/s1. The van der Waals surface area contributed by atoms with Crippen LogP contribution in [-0.2, 0) is 6.42 Å². The molecule has 0 aliphatic rings. The summed E-state index contributed by atoms with van der Waals surface area (Å²) >= 11 is 0. The average molecular weight is 247 g/mol. The second-order valence-electron chi connectivity index (χ2n) is 4.43. The van der Waals surface area contributed by atoms with Crippen molar-refractivity contribution in [3.8, 4) is 0 Å². The third-order valence-electron chi connectivity index (χ3n) is 2.93. The van der Waals surface area contributed by atoms with Crippen LogP contribution in [0.5, 0.6) is 0 Å². The molecule has 0 aliphatic carbocycles. The molecule has 0 saturated heterocycles. The van der Waals surface area contributed by atoms with Crippen LogP contribution < -0.4 is 5.73 Å². The molecule has 1 aromatic heterocycles. The maximum atomic E-state index is 8.90. The van der Waals surface area contributed by atoms with E-state index in [0.29, 0.717) is 12.2 Å². The molecule has 0 amide bonds. The van der Waals surface area contributed by atoms with Crippen molar-refractivity contribution >= 4 is 0 Å². The molecule has 1 heterocycles. The first kappa shape index (κ1) is 12.7. The van der Waals surface area contributed by atoms with E-state index in [-0.39, 0.29) is 12.5 Å². The van der Waals surface area contributed by atoms with E-state index in [2.05, 4.69) is 36.1 Å². The van der Waals surface area contributed by atoms with Crippen LogP contribution in [0.3, 0.4) is 0 Å². The van der Waals surface area contributed by atoms with Gasteiger partial charge in [0.15, 0.2) is 5.82 Å². The molecule has 5 heteroatoms. The third-order valence-corrected chi connectivity index (χ3v) is 2.93. The van der Waals surface area contributed by atoms with Crippen LogP contribution in [0.2, 0.25) is 0 Å². The molecule has 0 unspecified atom stereocenters. The Hall–Kier alpha value is -1.72. The fraction of sp³-hybridized carbons (Fsp3) is 0.385. The summed E-state index contributed by atoms with van der Waals surface area (Å²) in [5, 5.41) is 12.8. The van der Waals surface area contributed by atoms with Gasteiger partial charge in [0, 0.05) is 6.42 Å². The van der Waals surface area contributed by atoms with Crippen LogP contribution in [0.4, 0.5) is 0 Å². The predicted octanol–water partition coefficient (Wildman–Crippen LogP) is 1.27. The van der Waals surface area contributed by atoms with Crippen molar-refractivity contribution in [1.29, 1.82) is 0 Å². The summed E-state index contributed by atoms with van der Waals surface area (Å²) in [5.74, 6) is 0.855. The summed E-state index contributed by atoms with van der Waals surface area (Å²) in [6.07, 6.45) is 0.600. The number of aliphatic hydroxyl groups excluding tert-OH is 1. The Labute approximate surface area is 106 Å². The normalized spacial score (nSPS) is 12.7. The molecule has 1 atom stereocenters. The van der Waals surface area contributed by atoms with Gasteiger partial charge in [-0.15, -0.1) is 0 Å². The minimum atomic E-state index is -0.606. The lowest BCUT2D eigenvalue weighted by Gasteiger charge is -2.02. The van der Waals surface area contributed by atoms with Gasteiger partial charge in [0.2, 0.25) is 5.89 Å². The van der Waals surface area contributed by atoms with Crippen molar-refractivity contribution in [2.75, 3.05) is 6.61 Å². The molecular weight excluding hydrogens is 230 g/mol. The quantitative estimate of drug-likeness (QED) is 0.849. The summed E-state index contributed by atoms with van der Waals surface area (Å²) in [6.45, 7) is 3.94. The highest BCUT2D eigenvalue weighted by Crippen LogP contribution is 2.14. The van der Waals surface area contributed by atoms with Gasteiger partial charge in [-0.3, -0.25) is 0 Å². The highest BCUT2D eigenvalue weighted by Gasteiger charge is 2.13. The summed E-state index contributed by atoms with van der Waals surface area (Å²) in [6, 6.07) is 5.62. The third kappa shape index (κ3) is 2.75. The van der Waals surface area contributed by atoms with E-state index in [1.807, 2.05) is 6.07 Å². The number of aliphatic hydroxyl groups is 1. The Balaban J connectivity index is 2.13. The Morgan fingerprint density at radius 2 is 2.11 bits per heavy atom. The van der Waals surface area contributed by atoms with Crippen molar-refractivity contribution in [1.82, 2.24) is 10.1 Å². The highest BCUT2D eigenvalue weighted by atomic mass is 16.5. The molecule has 0 bridgehead atoms. The van der Waals surface area contributed by atoms with Gasteiger partial charge >= 0.3 is 0 Å². The Morgan fingerprint density at radius 1 is 1.33 bits per heavy atom. The Bertz CT molecular complexity index is 537. The smallest absolute Gasteiger partial charge is 0.245 e. The molecule has 1 aromatic carbocycles. The first-order valence-electron chi connectivity index (χ1n) is 5.85. The second kappa shape index (κ2) is 5.29. The minimum Gasteiger partial charge on any atom is -0.394 e. The monoisotopic (exact) mass is 247 g/mol. The van der Waals surface area contributed by atoms with Crippen molar-refractivity contribution < 1.29 is 9.63 Å². The van der Waals surface area contributed by atoms with Gasteiger partial charge in [-0.1, -0.05) is 23.4 Å². The van der Waals surface area contributed by atoms with Gasteiger partial charge in [0.05, 0.1) is 6.61 Å². The highest BCUT2D eigenvalue weighted by molar-refractivity contribution is 5.31. The molecule has 18 heavy (non-hydrogen) atoms. The topological polar surface area (TPSA) is 85.2 Å². The van der Waals surface area contributed by atoms with E-state index in [4.69, 9.17) is 15.4 Å². The van der Waals surface area contributed by atoms with Crippen LogP contribution in [0.1, 0.15) is 34.4 Å². The number of benzene rings is 1. The molecular formula is C13H17N3O2. The fourth-order valence-electron chi connectivity index (χ4n) is 1.66. The minimum absolute atomic E-state index is 0.203. The SMILES string of the molecule is Cc1ccc(Cc2noc([C@H](N)CO)n2)cc1C. The van der Waals surface area contributed by atoms with Crippen molar-refractivity contribution in [3.05, 3.63) is 46.6 Å². The Morgan fingerprint density at radius 3 is 2.78 bits per heavy atom. The zero-order valence-electron chi connectivity index (χ0n) is 10.6. The Kier molecular flexibility index (Phi) is 3.74. The number of nitrogens with zero attached hydrogens (tertiary/aromatic N) is 2. The van der Waals surface area contributed by atoms with Crippen LogP contribution in [-0.4, -0.2) is 21.9 Å². The first-order valence-corrected chi connectivity index (χ1v) is 5.85. The van der Waals surface area contributed by atoms with E-state index in [1.165, 1.54) is 11.1 Å². The van der Waals surface area contributed by atoms with Crippen molar-refractivity contribution in [2.24, 2.45) is 5.73 Å². The fourth-order valence-corrected chi connectivity index (χ4v) is 1.66. The molecule has 0 radical (unpaired) electrons. The van der Waals surface area contributed by atoms with Gasteiger partial charge in [0.1, 0.15) is 6.04 Å². The number of aryl methyl sites for hydroxylation is 2. The molecule has 2 aromatic rings.